The molecule has 134 valence electrons. The molecule has 2 unspecified atom stereocenters. The minimum absolute atomic E-state index is 0.0312. The van der Waals surface area contributed by atoms with E-state index in [1.807, 2.05) is 18.2 Å². The Bertz CT molecular complexity index is 544. The smallest absolute Gasteiger partial charge is 0.251 e. The highest BCUT2D eigenvalue weighted by Crippen LogP contribution is 2.18. The van der Waals surface area contributed by atoms with E-state index >= 15 is 0 Å². The molecule has 3 nitrogen and oxygen atoms in total. The second-order valence-corrected chi connectivity index (χ2v) is 7.27. The molecule has 0 spiro atoms. The standard InChI is InChI=1S/C19H28Cl2N2O/c1-3-14(2)18(13-23-8-4-5-9-23)22-19(24)17-7-6-15(11-20)10-16(17)12-21/h6-7,10,14,18H,3-5,8-9,11-13H2,1-2H3,(H,22,24). The summed E-state index contributed by atoms with van der Waals surface area (Å²) in [5.74, 6) is 1.15. The minimum atomic E-state index is -0.0312. The highest BCUT2D eigenvalue weighted by molar-refractivity contribution is 6.18. The second-order valence-electron chi connectivity index (χ2n) is 6.73. The van der Waals surface area contributed by atoms with E-state index in [0.29, 0.717) is 23.2 Å². The Hall–Kier alpha value is -0.770. The molecule has 2 rings (SSSR count). The van der Waals surface area contributed by atoms with Crippen LogP contribution in [-0.4, -0.2) is 36.5 Å². The number of halogens is 2. The number of hydrogen-bond acceptors (Lipinski definition) is 2. The first-order valence-corrected chi connectivity index (χ1v) is 9.92. The Morgan fingerprint density at radius 2 is 1.96 bits per heavy atom. The Morgan fingerprint density at radius 3 is 2.54 bits per heavy atom. The number of benzene rings is 1. The fraction of sp³-hybridized carbons (Fsp3) is 0.632. The van der Waals surface area contributed by atoms with Crippen molar-refractivity contribution in [2.75, 3.05) is 19.6 Å². The Labute approximate surface area is 155 Å². The minimum Gasteiger partial charge on any atom is -0.348 e. The van der Waals surface area contributed by atoms with Crippen molar-refractivity contribution in [3.05, 3.63) is 34.9 Å². The van der Waals surface area contributed by atoms with Crippen LogP contribution in [0.25, 0.3) is 0 Å². The molecule has 0 radical (unpaired) electrons. The number of carbonyl (C=O) groups excluding carboxylic acids is 1. The van der Waals surface area contributed by atoms with Crippen LogP contribution in [0.2, 0.25) is 0 Å². The molecule has 1 aliphatic rings. The van der Waals surface area contributed by atoms with Gasteiger partial charge in [0.25, 0.3) is 5.91 Å². The van der Waals surface area contributed by atoms with E-state index in [1.165, 1.54) is 12.8 Å². The van der Waals surface area contributed by atoms with Crippen molar-refractivity contribution in [2.45, 2.75) is 50.9 Å². The van der Waals surface area contributed by atoms with E-state index in [2.05, 4.69) is 24.1 Å². The first-order valence-electron chi connectivity index (χ1n) is 8.86. The summed E-state index contributed by atoms with van der Waals surface area (Å²) in [5, 5.41) is 3.25. The quantitative estimate of drug-likeness (QED) is 0.687. The van der Waals surface area contributed by atoms with Gasteiger partial charge in [-0.2, -0.15) is 0 Å². The molecule has 0 aromatic heterocycles. The number of nitrogens with one attached hydrogen (secondary N) is 1. The lowest BCUT2D eigenvalue weighted by atomic mass is 9.97. The molecular weight excluding hydrogens is 343 g/mol. The van der Waals surface area contributed by atoms with Crippen molar-refractivity contribution in [3.63, 3.8) is 0 Å². The lowest BCUT2D eigenvalue weighted by molar-refractivity contribution is 0.0908. The molecule has 0 bridgehead atoms. The van der Waals surface area contributed by atoms with Crippen molar-refractivity contribution in [2.24, 2.45) is 5.92 Å². The largest absolute Gasteiger partial charge is 0.348 e. The summed E-state index contributed by atoms with van der Waals surface area (Å²) >= 11 is 11.9. The van der Waals surface area contributed by atoms with E-state index in [-0.39, 0.29) is 11.9 Å². The third-order valence-corrected chi connectivity index (χ3v) is 5.61. The topological polar surface area (TPSA) is 32.3 Å². The van der Waals surface area contributed by atoms with E-state index < -0.39 is 0 Å². The Kier molecular flexibility index (Phi) is 7.86. The summed E-state index contributed by atoms with van der Waals surface area (Å²) in [6, 6.07) is 5.83. The van der Waals surface area contributed by atoms with Gasteiger partial charge in [-0.05, 0) is 49.0 Å². The van der Waals surface area contributed by atoms with Gasteiger partial charge in [0.1, 0.15) is 0 Å². The SMILES string of the molecule is CCC(C)C(CN1CCCC1)NC(=O)c1ccc(CCl)cc1CCl. The molecule has 1 N–H and O–H groups in total. The molecular formula is C19H28Cl2N2O. The fourth-order valence-electron chi connectivity index (χ4n) is 3.20. The van der Waals surface area contributed by atoms with Crippen molar-refractivity contribution in [1.29, 1.82) is 0 Å². The van der Waals surface area contributed by atoms with Crippen LogP contribution in [0.5, 0.6) is 0 Å². The van der Waals surface area contributed by atoms with Gasteiger partial charge in [-0.3, -0.25) is 4.79 Å². The van der Waals surface area contributed by atoms with Crippen molar-refractivity contribution in [1.82, 2.24) is 10.2 Å². The van der Waals surface area contributed by atoms with E-state index in [0.717, 1.165) is 37.2 Å². The van der Waals surface area contributed by atoms with Crippen LogP contribution in [0, 0.1) is 5.92 Å². The summed E-state index contributed by atoms with van der Waals surface area (Å²) in [6.07, 6.45) is 3.57. The van der Waals surface area contributed by atoms with E-state index in [4.69, 9.17) is 23.2 Å². The zero-order chi connectivity index (χ0) is 17.5. The van der Waals surface area contributed by atoms with Crippen LogP contribution in [0.1, 0.15) is 54.6 Å². The number of alkyl halides is 2. The normalized spacial score (nSPS) is 17.7. The summed E-state index contributed by atoms with van der Waals surface area (Å²) in [7, 11) is 0. The van der Waals surface area contributed by atoms with Crippen LogP contribution in [0.4, 0.5) is 0 Å². The van der Waals surface area contributed by atoms with E-state index in [9.17, 15) is 4.79 Å². The highest BCUT2D eigenvalue weighted by Gasteiger charge is 2.24. The molecule has 1 aromatic rings. The Morgan fingerprint density at radius 1 is 1.25 bits per heavy atom. The lowest BCUT2D eigenvalue weighted by Crippen LogP contribution is -2.46. The first kappa shape index (κ1) is 19.6. The molecule has 1 fully saturated rings. The molecule has 1 aromatic carbocycles. The number of hydrogen-bond donors (Lipinski definition) is 1. The van der Waals surface area contributed by atoms with Gasteiger partial charge in [0.05, 0.1) is 0 Å². The molecule has 2 atom stereocenters. The summed E-state index contributed by atoms with van der Waals surface area (Å²) < 4.78 is 0. The average molecular weight is 371 g/mol. The van der Waals surface area contributed by atoms with Crippen LogP contribution in [-0.2, 0) is 11.8 Å². The molecule has 0 aliphatic carbocycles. The van der Waals surface area contributed by atoms with Crippen LogP contribution >= 0.6 is 23.2 Å². The number of rotatable bonds is 8. The van der Waals surface area contributed by atoms with E-state index in [1.54, 1.807) is 0 Å². The number of likely N-dealkylation sites (tertiary alicyclic amines) is 1. The van der Waals surface area contributed by atoms with Crippen LogP contribution in [0.15, 0.2) is 18.2 Å². The second kappa shape index (κ2) is 9.65. The van der Waals surface area contributed by atoms with Crippen LogP contribution in [0.3, 0.4) is 0 Å². The monoisotopic (exact) mass is 370 g/mol. The number of amides is 1. The van der Waals surface area contributed by atoms with Gasteiger partial charge < -0.3 is 10.2 Å². The highest BCUT2D eigenvalue weighted by atomic mass is 35.5. The van der Waals surface area contributed by atoms with Gasteiger partial charge in [-0.1, -0.05) is 32.4 Å². The molecule has 1 amide bonds. The summed E-state index contributed by atoms with van der Waals surface area (Å²) in [6.45, 7) is 7.59. The zero-order valence-corrected chi connectivity index (χ0v) is 16.2. The molecule has 5 heteroatoms. The maximum atomic E-state index is 12.8. The fourth-order valence-corrected chi connectivity index (χ4v) is 3.59. The predicted octanol–water partition coefficient (Wildman–Crippen LogP) is 4.40. The maximum Gasteiger partial charge on any atom is 0.251 e. The summed E-state index contributed by atoms with van der Waals surface area (Å²) in [4.78, 5) is 15.3. The van der Waals surface area contributed by atoms with Gasteiger partial charge in [0.15, 0.2) is 0 Å². The molecule has 24 heavy (non-hydrogen) atoms. The van der Waals surface area contributed by atoms with Gasteiger partial charge in [-0.15, -0.1) is 23.2 Å². The van der Waals surface area contributed by atoms with Crippen LogP contribution < -0.4 is 5.32 Å². The lowest BCUT2D eigenvalue weighted by Gasteiger charge is -2.29. The third-order valence-electron chi connectivity index (χ3n) is 5.01. The number of nitrogens with zero attached hydrogens (tertiary/aromatic N) is 1. The molecule has 1 aliphatic heterocycles. The zero-order valence-electron chi connectivity index (χ0n) is 14.7. The summed E-state index contributed by atoms with van der Waals surface area (Å²) in [5.41, 5.74) is 2.49. The van der Waals surface area contributed by atoms with Crippen molar-refractivity contribution < 1.29 is 4.79 Å². The van der Waals surface area contributed by atoms with Gasteiger partial charge in [-0.25, -0.2) is 0 Å². The molecule has 1 heterocycles. The maximum absolute atomic E-state index is 12.8. The predicted molar refractivity (Wildman–Crippen MR) is 102 cm³/mol. The molecule has 1 saturated heterocycles. The Balaban J connectivity index is 2.11. The first-order chi connectivity index (χ1) is 11.6. The average Bonchev–Trinajstić information content (AvgIpc) is 3.12. The number of carbonyl (C=O) groups is 1. The molecule has 0 saturated carbocycles. The third kappa shape index (κ3) is 5.11. The van der Waals surface area contributed by atoms with Crippen molar-refractivity contribution >= 4 is 29.1 Å². The van der Waals surface area contributed by atoms with Gasteiger partial charge in [0.2, 0.25) is 0 Å². The van der Waals surface area contributed by atoms with Gasteiger partial charge in [0, 0.05) is 29.9 Å². The van der Waals surface area contributed by atoms with Gasteiger partial charge >= 0.3 is 0 Å². The van der Waals surface area contributed by atoms with Crippen molar-refractivity contribution in [3.8, 4) is 0 Å².